The molecule has 0 aliphatic heterocycles. The number of hydrogen-bond acceptors (Lipinski definition) is 8. The second kappa shape index (κ2) is 11.6. The van der Waals surface area contributed by atoms with E-state index in [-0.39, 0.29) is 13.2 Å². The molecule has 30 heavy (non-hydrogen) atoms. The van der Waals surface area contributed by atoms with Crippen molar-refractivity contribution in [2.24, 2.45) is 0 Å². The van der Waals surface area contributed by atoms with Crippen molar-refractivity contribution in [2.75, 3.05) is 36.9 Å². The predicted molar refractivity (Wildman–Crippen MR) is 115 cm³/mol. The van der Waals surface area contributed by atoms with Gasteiger partial charge >= 0.3 is 0 Å². The molecule has 8 heteroatoms. The van der Waals surface area contributed by atoms with Gasteiger partial charge in [-0.25, -0.2) is 0 Å². The molecule has 2 unspecified atom stereocenters. The molecule has 1 aromatic carbocycles. The molecular weight excluding hydrogens is 384 g/mol. The number of aliphatic hydroxyl groups excluding tert-OH is 2. The van der Waals surface area contributed by atoms with Gasteiger partial charge in [-0.2, -0.15) is 0 Å². The van der Waals surface area contributed by atoms with Crippen molar-refractivity contribution in [3.05, 3.63) is 73.3 Å². The van der Waals surface area contributed by atoms with E-state index in [1.807, 2.05) is 24.3 Å². The summed E-state index contributed by atoms with van der Waals surface area (Å²) in [5.74, 6) is 1.26. The molecule has 0 radical (unpaired) electrons. The Bertz CT molecular complexity index is 778. The fraction of sp³-hybridized carbons (Fsp3) is 0.273. The summed E-state index contributed by atoms with van der Waals surface area (Å²) in [5.41, 5.74) is 1.78. The van der Waals surface area contributed by atoms with Gasteiger partial charge in [0.25, 0.3) is 0 Å². The van der Waals surface area contributed by atoms with E-state index in [1.165, 1.54) is 0 Å². The third-order valence-corrected chi connectivity index (χ3v) is 4.15. The van der Waals surface area contributed by atoms with Crippen LogP contribution in [0.25, 0.3) is 0 Å². The number of nitrogens with one attached hydrogen (secondary N) is 2. The zero-order valence-corrected chi connectivity index (χ0v) is 16.5. The highest BCUT2D eigenvalue weighted by Gasteiger charge is 2.07. The molecule has 2 atom stereocenters. The zero-order valence-electron chi connectivity index (χ0n) is 16.5. The van der Waals surface area contributed by atoms with Crippen molar-refractivity contribution in [2.45, 2.75) is 12.2 Å². The van der Waals surface area contributed by atoms with E-state index in [1.54, 1.807) is 49.1 Å². The maximum absolute atomic E-state index is 10.0. The molecule has 0 aliphatic rings. The molecule has 4 N–H and O–H groups in total. The molecule has 2 heterocycles. The van der Waals surface area contributed by atoms with Crippen LogP contribution >= 0.6 is 0 Å². The number of pyridine rings is 2. The number of nitrogens with zero attached hydrogens (tertiary/aromatic N) is 2. The Labute approximate surface area is 175 Å². The van der Waals surface area contributed by atoms with Crippen molar-refractivity contribution in [1.82, 2.24) is 9.97 Å². The summed E-state index contributed by atoms with van der Waals surface area (Å²) < 4.78 is 11.2. The first-order valence-corrected chi connectivity index (χ1v) is 9.68. The highest BCUT2D eigenvalue weighted by molar-refractivity contribution is 5.41. The fourth-order valence-electron chi connectivity index (χ4n) is 2.55. The number of benzene rings is 1. The number of hydrogen-bond donors (Lipinski definition) is 4. The molecule has 0 amide bonds. The number of aromatic nitrogens is 2. The Morgan fingerprint density at radius 3 is 1.37 bits per heavy atom. The average Bonchev–Trinajstić information content (AvgIpc) is 2.80. The van der Waals surface area contributed by atoms with Crippen LogP contribution in [-0.2, 0) is 0 Å². The van der Waals surface area contributed by atoms with E-state index in [0.29, 0.717) is 24.6 Å². The van der Waals surface area contributed by atoms with E-state index >= 15 is 0 Å². The highest BCUT2D eigenvalue weighted by Crippen LogP contribution is 2.18. The van der Waals surface area contributed by atoms with Crippen molar-refractivity contribution < 1.29 is 19.7 Å². The Kier molecular flexibility index (Phi) is 8.25. The standard InChI is InChI=1S/C22H26N4O4/c27-19(13-25-17-5-9-23-10-6-17)15-29-21-1-2-22(4-3-21)30-16-20(28)14-26-18-7-11-24-12-8-18/h1-12,19-20,27-28H,13-16H2,(H,23,25)(H,24,26). The number of ether oxygens (including phenoxy) is 2. The molecule has 2 aromatic heterocycles. The Balaban J connectivity index is 1.33. The first kappa shape index (κ1) is 21.4. The van der Waals surface area contributed by atoms with Crippen molar-refractivity contribution in [1.29, 1.82) is 0 Å². The second-order valence-electron chi connectivity index (χ2n) is 6.63. The summed E-state index contributed by atoms with van der Waals surface area (Å²) in [6.45, 7) is 1.07. The predicted octanol–water partition coefficient (Wildman–Crippen LogP) is 2.18. The van der Waals surface area contributed by atoms with Crippen LogP contribution in [0.15, 0.2) is 73.3 Å². The summed E-state index contributed by atoms with van der Waals surface area (Å²) in [6, 6.07) is 14.4. The van der Waals surface area contributed by atoms with Crippen LogP contribution in [0, 0.1) is 0 Å². The first-order valence-electron chi connectivity index (χ1n) is 9.68. The maximum Gasteiger partial charge on any atom is 0.119 e. The maximum atomic E-state index is 10.0. The Morgan fingerprint density at radius 2 is 1.00 bits per heavy atom. The number of anilines is 2. The quantitative estimate of drug-likeness (QED) is 0.360. The van der Waals surface area contributed by atoms with E-state index < -0.39 is 12.2 Å². The summed E-state index contributed by atoms with van der Waals surface area (Å²) in [7, 11) is 0. The monoisotopic (exact) mass is 410 g/mol. The zero-order chi connectivity index (χ0) is 21.0. The molecule has 158 valence electrons. The molecule has 0 saturated carbocycles. The van der Waals surface area contributed by atoms with Crippen molar-refractivity contribution in [3.8, 4) is 11.5 Å². The third-order valence-electron chi connectivity index (χ3n) is 4.15. The lowest BCUT2D eigenvalue weighted by Crippen LogP contribution is -2.26. The summed E-state index contributed by atoms with van der Waals surface area (Å²) >= 11 is 0. The molecule has 0 aliphatic carbocycles. The SMILES string of the molecule is OC(CNc1ccncc1)COc1ccc(OCC(O)CNc2ccncc2)cc1. The van der Waals surface area contributed by atoms with Crippen LogP contribution in [0.3, 0.4) is 0 Å². The Morgan fingerprint density at radius 1 is 0.633 bits per heavy atom. The van der Waals surface area contributed by atoms with Gasteiger partial charge in [-0.1, -0.05) is 0 Å². The van der Waals surface area contributed by atoms with Crippen molar-refractivity contribution >= 4 is 11.4 Å². The molecule has 0 spiro atoms. The van der Waals surface area contributed by atoms with Crippen LogP contribution in [0.1, 0.15) is 0 Å². The van der Waals surface area contributed by atoms with Gasteiger partial charge in [0.1, 0.15) is 36.9 Å². The molecule has 8 nitrogen and oxygen atoms in total. The normalized spacial score (nSPS) is 12.6. The van der Waals surface area contributed by atoms with Crippen LogP contribution < -0.4 is 20.1 Å². The minimum atomic E-state index is -0.655. The average molecular weight is 410 g/mol. The minimum Gasteiger partial charge on any atom is -0.491 e. The van der Waals surface area contributed by atoms with E-state index in [0.717, 1.165) is 11.4 Å². The van der Waals surface area contributed by atoms with Gasteiger partial charge in [0.2, 0.25) is 0 Å². The number of aliphatic hydroxyl groups is 2. The topological polar surface area (TPSA) is 109 Å². The van der Waals surface area contributed by atoms with E-state index in [2.05, 4.69) is 20.6 Å². The van der Waals surface area contributed by atoms with Crippen LogP contribution in [0.2, 0.25) is 0 Å². The van der Waals surface area contributed by atoms with Gasteiger partial charge < -0.3 is 30.3 Å². The molecule has 0 bridgehead atoms. The van der Waals surface area contributed by atoms with E-state index in [4.69, 9.17) is 9.47 Å². The van der Waals surface area contributed by atoms with Gasteiger partial charge in [0, 0.05) is 49.3 Å². The minimum absolute atomic E-state index is 0.164. The lowest BCUT2D eigenvalue weighted by molar-refractivity contribution is 0.115. The second-order valence-corrected chi connectivity index (χ2v) is 6.63. The first-order chi connectivity index (χ1) is 14.7. The fourth-order valence-corrected chi connectivity index (χ4v) is 2.55. The molecule has 3 rings (SSSR count). The van der Waals surface area contributed by atoms with E-state index in [9.17, 15) is 10.2 Å². The number of rotatable bonds is 12. The van der Waals surface area contributed by atoms with Crippen molar-refractivity contribution in [3.63, 3.8) is 0 Å². The van der Waals surface area contributed by atoms with Gasteiger partial charge in [-0.05, 0) is 48.5 Å². The third kappa shape index (κ3) is 7.57. The lowest BCUT2D eigenvalue weighted by Gasteiger charge is -2.15. The highest BCUT2D eigenvalue weighted by atomic mass is 16.5. The van der Waals surface area contributed by atoms with Gasteiger partial charge in [0.05, 0.1) is 0 Å². The van der Waals surface area contributed by atoms with Gasteiger partial charge in [-0.3, -0.25) is 9.97 Å². The van der Waals surface area contributed by atoms with Crippen LogP contribution in [0.5, 0.6) is 11.5 Å². The smallest absolute Gasteiger partial charge is 0.119 e. The molecular formula is C22H26N4O4. The lowest BCUT2D eigenvalue weighted by atomic mass is 10.3. The van der Waals surface area contributed by atoms with Gasteiger partial charge in [-0.15, -0.1) is 0 Å². The summed E-state index contributed by atoms with van der Waals surface area (Å²) in [6.07, 6.45) is 5.43. The van der Waals surface area contributed by atoms with Gasteiger partial charge in [0.15, 0.2) is 0 Å². The molecule has 0 saturated heterocycles. The van der Waals surface area contributed by atoms with Crippen LogP contribution in [0.4, 0.5) is 11.4 Å². The summed E-state index contributed by atoms with van der Waals surface area (Å²) in [5, 5.41) is 26.3. The molecule has 3 aromatic rings. The Hall–Kier alpha value is -3.36. The largest absolute Gasteiger partial charge is 0.491 e. The molecule has 0 fully saturated rings. The van der Waals surface area contributed by atoms with Crippen LogP contribution in [-0.4, -0.2) is 58.7 Å². The summed E-state index contributed by atoms with van der Waals surface area (Å²) in [4.78, 5) is 7.89.